The summed E-state index contributed by atoms with van der Waals surface area (Å²) in [6, 6.07) is 10.4. The van der Waals surface area contributed by atoms with Crippen LogP contribution in [0.1, 0.15) is 37.1 Å². The molecule has 140 valence electrons. The zero-order chi connectivity index (χ0) is 18.6. The number of halogens is 1. The number of nitrogens with zero attached hydrogens (tertiary/aromatic N) is 3. The number of aryl methyl sites for hydroxylation is 1. The average molecular weight is 366 g/mol. The Morgan fingerprint density at radius 2 is 2.15 bits per heavy atom. The number of carbonyl (C=O) groups excluding carboxylic acids is 1. The van der Waals surface area contributed by atoms with Crippen LogP contribution in [0.3, 0.4) is 0 Å². The Balaban J connectivity index is 1.33. The largest absolute Gasteiger partial charge is 0.349 e. The van der Waals surface area contributed by atoms with Gasteiger partial charge in [-0.2, -0.15) is 0 Å². The van der Waals surface area contributed by atoms with Crippen LogP contribution in [0.4, 0.5) is 4.39 Å². The molecule has 2 aromatic heterocycles. The molecule has 1 N–H and O–H groups in total. The number of hydrogen-bond acceptors (Lipinski definition) is 3. The van der Waals surface area contributed by atoms with Crippen LogP contribution in [0.25, 0.3) is 11.2 Å². The fraction of sp³-hybridized carbons (Fsp3) is 0.381. The summed E-state index contributed by atoms with van der Waals surface area (Å²) in [6.07, 6.45) is 6.07. The monoisotopic (exact) mass is 366 g/mol. The molecule has 1 aromatic carbocycles. The summed E-state index contributed by atoms with van der Waals surface area (Å²) in [7, 11) is 0. The molecule has 1 aliphatic carbocycles. The third-order valence-electron chi connectivity index (χ3n) is 4.92. The molecule has 0 saturated heterocycles. The van der Waals surface area contributed by atoms with Crippen molar-refractivity contribution in [2.75, 3.05) is 0 Å². The number of hydrogen-bond donors (Lipinski definition) is 1. The molecule has 1 saturated carbocycles. The summed E-state index contributed by atoms with van der Waals surface area (Å²) in [5, 5.41) is 2.97. The molecule has 2 heterocycles. The van der Waals surface area contributed by atoms with Gasteiger partial charge in [-0.1, -0.05) is 12.1 Å². The maximum atomic E-state index is 13.2. The van der Waals surface area contributed by atoms with Gasteiger partial charge in [-0.05, 0) is 61.4 Å². The van der Waals surface area contributed by atoms with Crippen molar-refractivity contribution < 1.29 is 9.18 Å². The minimum absolute atomic E-state index is 0.00982. The maximum Gasteiger partial charge on any atom is 0.220 e. The predicted molar refractivity (Wildman–Crippen MR) is 101 cm³/mol. The second-order valence-corrected chi connectivity index (χ2v) is 7.19. The predicted octanol–water partition coefficient (Wildman–Crippen LogP) is 3.62. The quantitative estimate of drug-likeness (QED) is 0.662. The van der Waals surface area contributed by atoms with Crippen molar-refractivity contribution in [1.82, 2.24) is 19.9 Å². The molecule has 0 bridgehead atoms. The number of aromatic nitrogens is 3. The smallest absolute Gasteiger partial charge is 0.220 e. The van der Waals surface area contributed by atoms with Crippen molar-refractivity contribution in [2.45, 2.75) is 45.2 Å². The molecule has 0 atom stereocenters. The van der Waals surface area contributed by atoms with Gasteiger partial charge in [0, 0.05) is 19.2 Å². The van der Waals surface area contributed by atoms with Gasteiger partial charge in [-0.25, -0.2) is 14.4 Å². The Morgan fingerprint density at radius 3 is 2.96 bits per heavy atom. The molecule has 1 aliphatic rings. The highest BCUT2D eigenvalue weighted by Gasteiger charge is 2.24. The molecule has 0 unspecified atom stereocenters. The lowest BCUT2D eigenvalue weighted by atomic mass is 10.1. The van der Waals surface area contributed by atoms with E-state index in [0.29, 0.717) is 31.7 Å². The van der Waals surface area contributed by atoms with E-state index in [2.05, 4.69) is 19.9 Å². The lowest BCUT2D eigenvalue weighted by Crippen LogP contribution is -2.24. The summed E-state index contributed by atoms with van der Waals surface area (Å²) in [5.41, 5.74) is 2.67. The Kier molecular flexibility index (Phi) is 5.14. The lowest BCUT2D eigenvalue weighted by Gasteiger charge is -2.09. The molecule has 0 radical (unpaired) electrons. The highest BCUT2D eigenvalue weighted by molar-refractivity contribution is 5.76. The van der Waals surface area contributed by atoms with Crippen LogP contribution in [0.15, 0.2) is 42.6 Å². The summed E-state index contributed by atoms with van der Waals surface area (Å²) >= 11 is 0. The first kappa shape index (κ1) is 17.6. The Bertz CT molecular complexity index is 948. The molecule has 0 spiro atoms. The Labute approximate surface area is 157 Å². The fourth-order valence-electron chi connectivity index (χ4n) is 3.30. The summed E-state index contributed by atoms with van der Waals surface area (Å²) in [5.74, 6) is 1.31. The van der Waals surface area contributed by atoms with E-state index < -0.39 is 0 Å². The standard InChI is InChI=1S/C21H23FN4O/c22-17-6-1-4-15(12-17)5-2-8-20(27)24-13-19-25-18-7-3-11-23-21(18)26(19)14-16-9-10-16/h1,3-4,6-7,11-12,16H,2,5,8-10,13-14H2,(H,24,27). The zero-order valence-electron chi connectivity index (χ0n) is 15.2. The topological polar surface area (TPSA) is 59.8 Å². The first-order valence-electron chi connectivity index (χ1n) is 9.50. The second kappa shape index (κ2) is 7.86. The molecule has 3 aromatic rings. The highest BCUT2D eigenvalue weighted by atomic mass is 19.1. The first-order chi connectivity index (χ1) is 13.2. The van der Waals surface area contributed by atoms with E-state index in [9.17, 15) is 9.18 Å². The van der Waals surface area contributed by atoms with Gasteiger partial charge in [0.05, 0.1) is 6.54 Å². The van der Waals surface area contributed by atoms with Crippen molar-refractivity contribution in [1.29, 1.82) is 0 Å². The number of imidazole rings is 1. The van der Waals surface area contributed by atoms with Gasteiger partial charge in [0.2, 0.25) is 5.91 Å². The van der Waals surface area contributed by atoms with E-state index in [1.54, 1.807) is 12.3 Å². The number of rotatable bonds is 8. The minimum atomic E-state index is -0.236. The van der Waals surface area contributed by atoms with E-state index in [-0.39, 0.29) is 11.7 Å². The first-order valence-corrected chi connectivity index (χ1v) is 9.50. The summed E-state index contributed by atoms with van der Waals surface area (Å²) < 4.78 is 15.3. The van der Waals surface area contributed by atoms with Crippen LogP contribution in [-0.2, 0) is 24.3 Å². The third-order valence-corrected chi connectivity index (χ3v) is 4.92. The van der Waals surface area contributed by atoms with Gasteiger partial charge in [-0.3, -0.25) is 4.79 Å². The number of amides is 1. The molecule has 5 nitrogen and oxygen atoms in total. The maximum absolute atomic E-state index is 13.2. The van der Waals surface area contributed by atoms with Crippen LogP contribution >= 0.6 is 0 Å². The zero-order valence-corrected chi connectivity index (χ0v) is 15.2. The van der Waals surface area contributed by atoms with Crippen molar-refractivity contribution >= 4 is 17.1 Å². The molecule has 1 amide bonds. The highest BCUT2D eigenvalue weighted by Crippen LogP contribution is 2.32. The number of fused-ring (bicyclic) bond motifs is 1. The third kappa shape index (κ3) is 4.51. The average Bonchev–Trinajstić information content (AvgIpc) is 3.41. The van der Waals surface area contributed by atoms with Crippen LogP contribution < -0.4 is 5.32 Å². The normalized spacial score (nSPS) is 13.8. The molecule has 0 aliphatic heterocycles. The Morgan fingerprint density at radius 1 is 1.26 bits per heavy atom. The van der Waals surface area contributed by atoms with E-state index in [1.165, 1.54) is 25.0 Å². The summed E-state index contributed by atoms with van der Waals surface area (Å²) in [6.45, 7) is 1.32. The van der Waals surface area contributed by atoms with Crippen LogP contribution in [0.2, 0.25) is 0 Å². The van der Waals surface area contributed by atoms with E-state index in [0.717, 1.165) is 29.1 Å². The van der Waals surface area contributed by atoms with E-state index in [1.807, 2.05) is 18.2 Å². The number of carbonyl (C=O) groups is 1. The van der Waals surface area contributed by atoms with Crippen LogP contribution in [0.5, 0.6) is 0 Å². The summed E-state index contributed by atoms with van der Waals surface area (Å²) in [4.78, 5) is 21.3. The van der Waals surface area contributed by atoms with Crippen molar-refractivity contribution in [3.05, 3.63) is 59.8 Å². The van der Waals surface area contributed by atoms with Gasteiger partial charge in [0.25, 0.3) is 0 Å². The Hall–Kier alpha value is -2.76. The molecular weight excluding hydrogens is 343 g/mol. The van der Waals surface area contributed by atoms with Gasteiger partial charge in [0.1, 0.15) is 17.2 Å². The number of benzene rings is 1. The number of nitrogens with one attached hydrogen (secondary N) is 1. The van der Waals surface area contributed by atoms with Crippen molar-refractivity contribution in [3.8, 4) is 0 Å². The van der Waals surface area contributed by atoms with Crippen LogP contribution in [-0.4, -0.2) is 20.4 Å². The fourth-order valence-corrected chi connectivity index (χ4v) is 3.30. The lowest BCUT2D eigenvalue weighted by molar-refractivity contribution is -0.121. The van der Waals surface area contributed by atoms with Gasteiger partial charge in [0.15, 0.2) is 5.65 Å². The van der Waals surface area contributed by atoms with E-state index in [4.69, 9.17) is 0 Å². The molecule has 1 fully saturated rings. The second-order valence-electron chi connectivity index (χ2n) is 7.19. The van der Waals surface area contributed by atoms with Crippen LogP contribution in [0, 0.1) is 11.7 Å². The molecule has 6 heteroatoms. The van der Waals surface area contributed by atoms with Gasteiger partial charge in [-0.15, -0.1) is 0 Å². The minimum Gasteiger partial charge on any atom is -0.349 e. The van der Waals surface area contributed by atoms with Crippen molar-refractivity contribution in [2.24, 2.45) is 5.92 Å². The van der Waals surface area contributed by atoms with Gasteiger partial charge < -0.3 is 9.88 Å². The van der Waals surface area contributed by atoms with Crippen molar-refractivity contribution in [3.63, 3.8) is 0 Å². The van der Waals surface area contributed by atoms with Gasteiger partial charge >= 0.3 is 0 Å². The molecule has 4 rings (SSSR count). The molecule has 27 heavy (non-hydrogen) atoms. The number of pyridine rings is 1. The van der Waals surface area contributed by atoms with E-state index >= 15 is 0 Å². The molecular formula is C21H23FN4O. The SMILES string of the molecule is O=C(CCCc1cccc(F)c1)NCc1nc2cccnc2n1CC1CC1.